The Labute approximate surface area is 171 Å². The molecule has 0 amide bonds. The van der Waals surface area contributed by atoms with Crippen LogP contribution in [0.5, 0.6) is 5.75 Å². The minimum atomic E-state index is -0.230. The van der Waals surface area contributed by atoms with Gasteiger partial charge in [-0.05, 0) is 84.2 Å². The molecule has 3 aliphatic carbocycles. The molecule has 0 radical (unpaired) electrons. The number of benzene rings is 2. The number of carbonyl (C=O) groups is 2. The number of ketones is 1. The molecule has 0 bridgehead atoms. The fourth-order valence-electron chi connectivity index (χ4n) is 6.89. The van der Waals surface area contributed by atoms with E-state index in [2.05, 4.69) is 19.1 Å². The van der Waals surface area contributed by atoms with Crippen LogP contribution in [-0.2, 0) is 17.6 Å². The Morgan fingerprint density at radius 2 is 1.83 bits per heavy atom. The summed E-state index contributed by atoms with van der Waals surface area (Å²) in [5.74, 6) is 2.50. The molecule has 4 aliphatic rings. The molecule has 1 heterocycles. The molecule has 6 rings (SSSR count). The number of para-hydroxylation sites is 1. The topological polar surface area (TPSA) is 43.4 Å². The molecule has 0 N–H and O–H groups in total. The molecule has 3 nitrogen and oxygen atoms in total. The third-order valence-electron chi connectivity index (χ3n) is 8.43. The van der Waals surface area contributed by atoms with Gasteiger partial charge in [0.05, 0.1) is 5.56 Å². The second kappa shape index (κ2) is 6.04. The van der Waals surface area contributed by atoms with Crippen molar-refractivity contribution in [3.8, 4) is 5.75 Å². The lowest BCUT2D eigenvalue weighted by molar-refractivity contribution is -0.129. The summed E-state index contributed by atoms with van der Waals surface area (Å²) in [6.07, 6.45) is 6.83. The zero-order chi connectivity index (χ0) is 19.8. The van der Waals surface area contributed by atoms with Gasteiger partial charge in [-0.2, -0.15) is 0 Å². The average molecular weight is 386 g/mol. The summed E-state index contributed by atoms with van der Waals surface area (Å²) in [5, 5.41) is 0. The number of ether oxygens (including phenoxy) is 1. The van der Waals surface area contributed by atoms with Crippen molar-refractivity contribution >= 4 is 11.8 Å². The Morgan fingerprint density at radius 1 is 0.966 bits per heavy atom. The third kappa shape index (κ3) is 2.43. The maximum atomic E-state index is 12.9. The first kappa shape index (κ1) is 17.4. The predicted octanol–water partition coefficient (Wildman–Crippen LogP) is 5.24. The van der Waals surface area contributed by atoms with Crippen LogP contribution in [0.2, 0.25) is 0 Å². The molecule has 0 saturated heterocycles. The van der Waals surface area contributed by atoms with Gasteiger partial charge in [0.2, 0.25) is 0 Å². The van der Waals surface area contributed by atoms with Gasteiger partial charge in [0, 0.05) is 18.3 Å². The molecule has 1 aliphatic heterocycles. The minimum Gasteiger partial charge on any atom is -0.423 e. The highest BCUT2D eigenvalue weighted by molar-refractivity contribution is 5.94. The maximum absolute atomic E-state index is 12.9. The quantitative estimate of drug-likeness (QED) is 0.460. The molecule has 2 saturated carbocycles. The molecule has 4 atom stereocenters. The lowest BCUT2D eigenvalue weighted by atomic mass is 9.55. The molecule has 2 aromatic rings. The van der Waals surface area contributed by atoms with Gasteiger partial charge < -0.3 is 4.74 Å². The number of aryl methyl sites for hydroxylation is 1. The van der Waals surface area contributed by atoms with E-state index in [4.69, 9.17) is 4.74 Å². The zero-order valence-corrected chi connectivity index (χ0v) is 16.9. The van der Waals surface area contributed by atoms with Gasteiger partial charge in [-0.25, -0.2) is 4.79 Å². The molecule has 3 heteroatoms. The zero-order valence-electron chi connectivity index (χ0n) is 16.9. The van der Waals surface area contributed by atoms with Gasteiger partial charge in [-0.15, -0.1) is 0 Å². The summed E-state index contributed by atoms with van der Waals surface area (Å²) in [7, 11) is 0. The number of esters is 1. The van der Waals surface area contributed by atoms with E-state index in [1.54, 1.807) is 0 Å². The highest BCUT2D eigenvalue weighted by atomic mass is 16.5. The van der Waals surface area contributed by atoms with Crippen molar-refractivity contribution in [1.29, 1.82) is 0 Å². The van der Waals surface area contributed by atoms with Gasteiger partial charge in [0.25, 0.3) is 0 Å². The van der Waals surface area contributed by atoms with Crippen molar-refractivity contribution in [3.63, 3.8) is 0 Å². The summed E-state index contributed by atoms with van der Waals surface area (Å²) < 4.78 is 5.73. The van der Waals surface area contributed by atoms with Crippen molar-refractivity contribution in [2.24, 2.45) is 17.3 Å². The Bertz CT molecular complexity index is 1050. The first-order chi connectivity index (χ1) is 14.0. The highest BCUT2D eigenvalue weighted by Crippen LogP contribution is 2.59. The Balaban J connectivity index is 1.41. The van der Waals surface area contributed by atoms with Crippen LogP contribution in [0.15, 0.2) is 36.4 Å². The van der Waals surface area contributed by atoms with Crippen LogP contribution < -0.4 is 4.74 Å². The lowest BCUT2D eigenvalue weighted by Crippen LogP contribution is -2.42. The van der Waals surface area contributed by atoms with E-state index in [0.29, 0.717) is 29.3 Å². The molecular weight excluding hydrogens is 360 g/mol. The van der Waals surface area contributed by atoms with Gasteiger partial charge in [0.15, 0.2) is 0 Å². The Hall–Kier alpha value is -2.42. The van der Waals surface area contributed by atoms with E-state index in [-0.39, 0.29) is 11.4 Å². The fourth-order valence-corrected chi connectivity index (χ4v) is 6.89. The number of hydrogen-bond acceptors (Lipinski definition) is 3. The van der Waals surface area contributed by atoms with E-state index < -0.39 is 0 Å². The van der Waals surface area contributed by atoms with Crippen LogP contribution in [0.1, 0.15) is 77.6 Å². The van der Waals surface area contributed by atoms with E-state index in [1.807, 2.05) is 24.3 Å². The number of rotatable bonds is 0. The number of fused-ring (bicyclic) bond motifs is 7. The molecule has 2 fully saturated rings. The molecule has 0 spiro atoms. The van der Waals surface area contributed by atoms with Crippen LogP contribution >= 0.6 is 0 Å². The SMILES string of the molecule is C[C@@]12CC[C@H]3c4cc5c(cc4CC[C@@H]3[C@H]1CCC2=O)Cc1ccccc1OC5=O. The molecule has 0 aromatic heterocycles. The van der Waals surface area contributed by atoms with Gasteiger partial charge >= 0.3 is 5.97 Å². The van der Waals surface area contributed by atoms with Crippen molar-refractivity contribution in [2.75, 3.05) is 0 Å². The number of carbonyl (C=O) groups excluding carboxylic acids is 2. The van der Waals surface area contributed by atoms with Crippen LogP contribution in [0, 0.1) is 17.3 Å². The average Bonchev–Trinajstić information content (AvgIpc) is 2.95. The van der Waals surface area contributed by atoms with Crippen LogP contribution in [0.25, 0.3) is 0 Å². The first-order valence-corrected chi connectivity index (χ1v) is 11.0. The summed E-state index contributed by atoms with van der Waals surface area (Å²) in [5.41, 5.74) is 5.55. The summed E-state index contributed by atoms with van der Waals surface area (Å²) in [4.78, 5) is 25.5. The van der Waals surface area contributed by atoms with Crippen molar-refractivity contribution in [1.82, 2.24) is 0 Å². The standard InChI is InChI=1S/C26H26O3/c1-26-11-10-18-19(22(26)8-9-24(26)27)7-6-15-12-17-13-16-4-2-3-5-23(16)29-25(28)21(17)14-20(15)18/h2-5,12,14,18-19,22H,6-11,13H2,1H3/t18-,19+,22-,26-/m1/s1. The second-order valence-corrected chi connectivity index (χ2v) is 9.72. The summed E-state index contributed by atoms with van der Waals surface area (Å²) in [6, 6.07) is 12.3. The molecule has 148 valence electrons. The number of hydrogen-bond donors (Lipinski definition) is 0. The van der Waals surface area contributed by atoms with Crippen LogP contribution in [0.4, 0.5) is 0 Å². The van der Waals surface area contributed by atoms with E-state index >= 15 is 0 Å². The van der Waals surface area contributed by atoms with E-state index in [9.17, 15) is 9.59 Å². The van der Waals surface area contributed by atoms with Crippen molar-refractivity contribution < 1.29 is 14.3 Å². The third-order valence-corrected chi connectivity index (χ3v) is 8.43. The first-order valence-electron chi connectivity index (χ1n) is 11.0. The van der Waals surface area contributed by atoms with Gasteiger partial charge in [-0.3, -0.25) is 4.79 Å². The number of Topliss-reactive ketones (excluding diaryl/α,β-unsaturated/α-hetero) is 1. The highest BCUT2D eigenvalue weighted by Gasteiger charge is 2.54. The Kier molecular flexibility index (Phi) is 3.63. The lowest BCUT2D eigenvalue weighted by Gasteiger charge is -2.48. The molecule has 29 heavy (non-hydrogen) atoms. The molecule has 0 unspecified atom stereocenters. The van der Waals surface area contributed by atoms with Gasteiger partial charge in [0.1, 0.15) is 11.5 Å². The largest absolute Gasteiger partial charge is 0.423 e. The summed E-state index contributed by atoms with van der Waals surface area (Å²) in [6.45, 7) is 2.21. The normalized spacial score (nSPS) is 32.2. The van der Waals surface area contributed by atoms with Crippen LogP contribution in [-0.4, -0.2) is 11.8 Å². The maximum Gasteiger partial charge on any atom is 0.343 e. The monoisotopic (exact) mass is 386 g/mol. The predicted molar refractivity (Wildman–Crippen MR) is 110 cm³/mol. The van der Waals surface area contributed by atoms with E-state index in [0.717, 1.165) is 55.2 Å². The van der Waals surface area contributed by atoms with Gasteiger partial charge in [-0.1, -0.05) is 31.2 Å². The molecule has 2 aromatic carbocycles. The van der Waals surface area contributed by atoms with Crippen molar-refractivity contribution in [3.05, 3.63) is 64.2 Å². The van der Waals surface area contributed by atoms with Crippen molar-refractivity contribution in [2.45, 2.75) is 57.8 Å². The summed E-state index contributed by atoms with van der Waals surface area (Å²) >= 11 is 0. The Morgan fingerprint density at radius 3 is 2.72 bits per heavy atom. The minimum absolute atomic E-state index is 0.106. The van der Waals surface area contributed by atoms with Crippen LogP contribution in [0.3, 0.4) is 0 Å². The second-order valence-electron chi connectivity index (χ2n) is 9.72. The molecular formula is C26H26O3. The van der Waals surface area contributed by atoms with E-state index in [1.165, 1.54) is 17.5 Å². The fraction of sp³-hybridized carbons (Fsp3) is 0.462. The smallest absolute Gasteiger partial charge is 0.343 e.